The van der Waals surface area contributed by atoms with E-state index in [9.17, 15) is 5.11 Å². The molecular weight excluding hydrogens is 252 g/mol. The summed E-state index contributed by atoms with van der Waals surface area (Å²) in [5.41, 5.74) is 0.794. The molecule has 96 valence electrons. The number of aliphatic hydroxyl groups is 1. The summed E-state index contributed by atoms with van der Waals surface area (Å²) < 4.78 is 5.26. The molecule has 0 spiro atoms. The minimum Gasteiger partial charge on any atom is -0.387 e. The zero-order valence-corrected chi connectivity index (χ0v) is 10.7. The predicted molar refractivity (Wildman–Crippen MR) is 68.2 cm³/mol. The van der Waals surface area contributed by atoms with E-state index < -0.39 is 12.2 Å². The number of morpholine rings is 1. The van der Waals surface area contributed by atoms with Crippen molar-refractivity contribution in [2.24, 2.45) is 0 Å². The number of aliphatic hydroxyl groups excluding tert-OH is 1. The van der Waals surface area contributed by atoms with E-state index in [2.05, 4.69) is 6.07 Å². The molecule has 2 rings (SSSR count). The highest BCUT2D eigenvalue weighted by Crippen LogP contribution is 2.19. The molecule has 4 nitrogen and oxygen atoms in total. The molecule has 1 N–H and O–H groups in total. The van der Waals surface area contributed by atoms with Gasteiger partial charge in [0, 0.05) is 24.7 Å². The van der Waals surface area contributed by atoms with Gasteiger partial charge in [-0.3, -0.25) is 4.90 Å². The van der Waals surface area contributed by atoms with Gasteiger partial charge in [0.1, 0.15) is 0 Å². The summed E-state index contributed by atoms with van der Waals surface area (Å²) in [6, 6.07) is 9.29. The first kappa shape index (κ1) is 13.3. The molecule has 18 heavy (non-hydrogen) atoms. The summed E-state index contributed by atoms with van der Waals surface area (Å²) in [4.78, 5) is 2.03. The van der Waals surface area contributed by atoms with Crippen molar-refractivity contribution in [1.82, 2.24) is 4.90 Å². The highest BCUT2D eigenvalue weighted by atomic mass is 35.5. The molecule has 0 bridgehead atoms. The van der Waals surface area contributed by atoms with Gasteiger partial charge in [-0.25, -0.2) is 0 Å². The summed E-state index contributed by atoms with van der Waals surface area (Å²) >= 11 is 5.89. The smallest absolute Gasteiger partial charge is 0.156 e. The molecule has 1 aromatic rings. The van der Waals surface area contributed by atoms with Crippen LogP contribution in [-0.2, 0) is 4.74 Å². The number of nitrogens with zero attached hydrogens (tertiary/aromatic N) is 2. The third-order valence-corrected chi connectivity index (χ3v) is 3.19. The minimum atomic E-state index is -0.596. The van der Waals surface area contributed by atoms with Crippen LogP contribution in [0.1, 0.15) is 11.7 Å². The van der Waals surface area contributed by atoms with E-state index in [0.717, 1.165) is 12.1 Å². The van der Waals surface area contributed by atoms with Crippen molar-refractivity contribution < 1.29 is 9.84 Å². The molecule has 0 amide bonds. The highest BCUT2D eigenvalue weighted by Gasteiger charge is 2.22. The van der Waals surface area contributed by atoms with Gasteiger partial charge in [-0.1, -0.05) is 23.7 Å². The van der Waals surface area contributed by atoms with Crippen molar-refractivity contribution in [3.8, 4) is 6.07 Å². The highest BCUT2D eigenvalue weighted by molar-refractivity contribution is 6.30. The van der Waals surface area contributed by atoms with E-state index in [1.54, 1.807) is 12.1 Å². The van der Waals surface area contributed by atoms with Crippen molar-refractivity contribution in [2.45, 2.75) is 12.2 Å². The Kier molecular flexibility index (Phi) is 4.56. The second kappa shape index (κ2) is 6.17. The summed E-state index contributed by atoms with van der Waals surface area (Å²) in [5.74, 6) is 0. The SMILES string of the molecule is N#CC1CN(CC(O)c2cccc(Cl)c2)CCO1. The van der Waals surface area contributed by atoms with E-state index in [-0.39, 0.29) is 0 Å². The number of nitriles is 1. The lowest BCUT2D eigenvalue weighted by Crippen LogP contribution is -2.43. The van der Waals surface area contributed by atoms with Gasteiger partial charge >= 0.3 is 0 Å². The van der Waals surface area contributed by atoms with Crippen LogP contribution in [0.5, 0.6) is 0 Å². The Morgan fingerprint density at radius 3 is 3.17 bits per heavy atom. The van der Waals surface area contributed by atoms with Gasteiger partial charge in [0.05, 0.1) is 18.8 Å². The number of halogens is 1. The summed E-state index contributed by atoms with van der Waals surface area (Å²) in [6.07, 6.45) is -0.994. The molecule has 0 radical (unpaired) electrons. The van der Waals surface area contributed by atoms with E-state index in [1.165, 1.54) is 0 Å². The number of rotatable bonds is 3. The lowest BCUT2D eigenvalue weighted by Gasteiger charge is -2.31. The van der Waals surface area contributed by atoms with Crippen molar-refractivity contribution >= 4 is 11.6 Å². The van der Waals surface area contributed by atoms with Gasteiger partial charge in [-0.15, -0.1) is 0 Å². The molecule has 2 unspecified atom stereocenters. The number of ether oxygens (including phenoxy) is 1. The molecule has 1 aliphatic rings. The van der Waals surface area contributed by atoms with Crippen LogP contribution in [-0.4, -0.2) is 42.4 Å². The molecule has 0 aliphatic carbocycles. The largest absolute Gasteiger partial charge is 0.387 e. The molecule has 1 fully saturated rings. The predicted octanol–water partition coefficient (Wildman–Crippen LogP) is 1.60. The van der Waals surface area contributed by atoms with E-state index in [1.807, 2.05) is 17.0 Å². The van der Waals surface area contributed by atoms with Crippen molar-refractivity contribution in [2.75, 3.05) is 26.2 Å². The minimum absolute atomic E-state index is 0.398. The first-order chi connectivity index (χ1) is 8.69. The number of benzene rings is 1. The maximum Gasteiger partial charge on any atom is 0.156 e. The topological polar surface area (TPSA) is 56.5 Å². The first-order valence-corrected chi connectivity index (χ1v) is 6.24. The van der Waals surface area contributed by atoms with Crippen LogP contribution in [0.2, 0.25) is 5.02 Å². The average molecular weight is 267 g/mol. The number of hydrogen-bond acceptors (Lipinski definition) is 4. The Bertz CT molecular complexity index is 447. The Morgan fingerprint density at radius 2 is 2.44 bits per heavy atom. The molecule has 5 heteroatoms. The van der Waals surface area contributed by atoms with Crippen molar-refractivity contribution in [3.63, 3.8) is 0 Å². The van der Waals surface area contributed by atoms with E-state index in [4.69, 9.17) is 21.6 Å². The Labute approximate surface area is 111 Å². The van der Waals surface area contributed by atoms with Crippen LogP contribution in [0.15, 0.2) is 24.3 Å². The number of β-amino-alcohol motifs (C(OH)–C–C–N with tert-alkyl or cyclic N) is 1. The van der Waals surface area contributed by atoms with Crippen molar-refractivity contribution in [3.05, 3.63) is 34.9 Å². The standard InChI is InChI=1S/C13H15ClN2O2/c14-11-3-1-2-10(6-11)13(17)9-16-4-5-18-12(7-15)8-16/h1-3,6,12-13,17H,4-5,8-9H2. The molecule has 0 aromatic heterocycles. The lowest BCUT2D eigenvalue weighted by atomic mass is 10.1. The first-order valence-electron chi connectivity index (χ1n) is 5.86. The lowest BCUT2D eigenvalue weighted by molar-refractivity contribution is -0.0159. The van der Waals surface area contributed by atoms with Crippen LogP contribution < -0.4 is 0 Å². The quantitative estimate of drug-likeness (QED) is 0.903. The zero-order chi connectivity index (χ0) is 13.0. The van der Waals surface area contributed by atoms with Crippen LogP contribution >= 0.6 is 11.6 Å². The molecule has 2 atom stereocenters. The molecule has 1 aliphatic heterocycles. The van der Waals surface area contributed by atoms with Crippen LogP contribution in [0, 0.1) is 11.3 Å². The molecule has 0 saturated carbocycles. The Balaban J connectivity index is 1.95. The van der Waals surface area contributed by atoms with Crippen LogP contribution in [0.25, 0.3) is 0 Å². The maximum atomic E-state index is 10.1. The monoisotopic (exact) mass is 266 g/mol. The van der Waals surface area contributed by atoms with E-state index >= 15 is 0 Å². The Morgan fingerprint density at radius 1 is 1.61 bits per heavy atom. The van der Waals surface area contributed by atoms with Gasteiger partial charge in [-0.2, -0.15) is 5.26 Å². The summed E-state index contributed by atoms with van der Waals surface area (Å²) in [5, 5.41) is 19.6. The second-order valence-corrected chi connectivity index (χ2v) is 4.76. The summed E-state index contributed by atoms with van der Waals surface area (Å²) in [7, 11) is 0. The zero-order valence-electron chi connectivity index (χ0n) is 9.92. The molecule has 1 saturated heterocycles. The maximum absolute atomic E-state index is 10.1. The normalized spacial score (nSPS) is 22.4. The van der Waals surface area contributed by atoms with Crippen LogP contribution in [0.4, 0.5) is 0 Å². The second-order valence-electron chi connectivity index (χ2n) is 4.32. The summed E-state index contributed by atoms with van der Waals surface area (Å²) in [6.45, 7) is 2.28. The Hall–Kier alpha value is -1.12. The van der Waals surface area contributed by atoms with Crippen molar-refractivity contribution in [1.29, 1.82) is 5.26 Å². The van der Waals surface area contributed by atoms with E-state index in [0.29, 0.717) is 24.7 Å². The van der Waals surface area contributed by atoms with Gasteiger partial charge in [-0.05, 0) is 17.7 Å². The fraction of sp³-hybridized carbons (Fsp3) is 0.462. The number of hydrogen-bond donors (Lipinski definition) is 1. The fourth-order valence-electron chi connectivity index (χ4n) is 2.01. The molecule has 1 aromatic carbocycles. The molecular formula is C13H15ClN2O2. The van der Waals surface area contributed by atoms with Crippen LogP contribution in [0.3, 0.4) is 0 Å². The van der Waals surface area contributed by atoms with Gasteiger partial charge in [0.25, 0.3) is 0 Å². The van der Waals surface area contributed by atoms with Gasteiger partial charge < -0.3 is 9.84 Å². The fourth-order valence-corrected chi connectivity index (χ4v) is 2.21. The third-order valence-electron chi connectivity index (χ3n) is 2.96. The van der Waals surface area contributed by atoms with Gasteiger partial charge in [0.2, 0.25) is 0 Å². The molecule has 1 heterocycles. The average Bonchev–Trinajstić information content (AvgIpc) is 2.39. The third kappa shape index (κ3) is 3.44. The van der Waals surface area contributed by atoms with Gasteiger partial charge in [0.15, 0.2) is 6.10 Å².